The summed E-state index contributed by atoms with van der Waals surface area (Å²) in [6.07, 6.45) is 3.29. The molecule has 0 aliphatic carbocycles. The third kappa shape index (κ3) is 2.96. The lowest BCUT2D eigenvalue weighted by molar-refractivity contribution is -0.125. The van der Waals surface area contributed by atoms with E-state index in [2.05, 4.69) is 15.7 Å². The molecule has 2 rings (SSSR count). The maximum atomic E-state index is 12.6. The highest BCUT2D eigenvalue weighted by Crippen LogP contribution is 2.31. The zero-order valence-corrected chi connectivity index (χ0v) is 11.6. The fourth-order valence-corrected chi connectivity index (χ4v) is 2.50. The van der Waals surface area contributed by atoms with Gasteiger partial charge in [-0.15, -0.1) is 0 Å². The van der Waals surface area contributed by atoms with Gasteiger partial charge in [0.25, 0.3) is 0 Å². The molecule has 1 amide bonds. The maximum absolute atomic E-state index is 12.6. The van der Waals surface area contributed by atoms with Crippen molar-refractivity contribution in [3.05, 3.63) is 12.3 Å². The molecule has 19 heavy (non-hydrogen) atoms. The van der Waals surface area contributed by atoms with Crippen LogP contribution in [0, 0.1) is 5.41 Å². The number of nitrogens with one attached hydrogen (secondary N) is 2. The number of nitrogens with zero attached hydrogens (tertiary/aromatic N) is 2. The summed E-state index contributed by atoms with van der Waals surface area (Å²) >= 11 is 0. The van der Waals surface area contributed by atoms with Crippen molar-refractivity contribution >= 4 is 11.7 Å². The van der Waals surface area contributed by atoms with Crippen LogP contribution in [0.3, 0.4) is 0 Å². The Morgan fingerprint density at radius 3 is 3.16 bits per heavy atom. The minimum Gasteiger partial charge on any atom is -0.385 e. The lowest BCUT2D eigenvalue weighted by Gasteiger charge is -2.26. The molecule has 2 heterocycles. The van der Waals surface area contributed by atoms with Crippen molar-refractivity contribution in [2.24, 2.45) is 5.41 Å². The Balaban J connectivity index is 2.07. The second-order valence-corrected chi connectivity index (χ2v) is 4.94. The highest BCUT2D eigenvalue weighted by atomic mass is 16.5. The van der Waals surface area contributed by atoms with Gasteiger partial charge in [-0.2, -0.15) is 5.10 Å². The maximum Gasteiger partial charge on any atom is 0.233 e. The normalized spacial score (nSPS) is 22.6. The Morgan fingerprint density at radius 2 is 2.53 bits per heavy atom. The summed E-state index contributed by atoms with van der Waals surface area (Å²) in [5.41, 5.74) is -0.362. The number of anilines is 1. The average molecular weight is 266 g/mol. The van der Waals surface area contributed by atoms with Gasteiger partial charge in [-0.25, -0.2) is 4.68 Å². The highest BCUT2D eigenvalue weighted by Gasteiger charge is 2.41. The van der Waals surface area contributed by atoms with Crippen LogP contribution in [0.5, 0.6) is 0 Å². The van der Waals surface area contributed by atoms with Gasteiger partial charge in [0.05, 0.1) is 11.6 Å². The number of ether oxygens (including phenoxy) is 1. The first-order valence-electron chi connectivity index (χ1n) is 6.75. The van der Waals surface area contributed by atoms with E-state index in [9.17, 15) is 4.79 Å². The summed E-state index contributed by atoms with van der Waals surface area (Å²) in [4.78, 5) is 12.6. The van der Waals surface area contributed by atoms with Crippen molar-refractivity contribution in [2.75, 3.05) is 32.1 Å². The number of rotatable bonds is 6. The van der Waals surface area contributed by atoms with Crippen LogP contribution >= 0.6 is 0 Å². The summed E-state index contributed by atoms with van der Waals surface area (Å²) in [6, 6.07) is 1.83. The molecule has 0 spiro atoms. The zero-order valence-electron chi connectivity index (χ0n) is 11.6. The summed E-state index contributed by atoms with van der Waals surface area (Å²) in [7, 11) is 1.67. The number of hydrogen-bond donors (Lipinski definition) is 2. The molecule has 1 saturated heterocycles. The van der Waals surface area contributed by atoms with Crippen LogP contribution in [-0.2, 0) is 16.1 Å². The summed E-state index contributed by atoms with van der Waals surface area (Å²) < 4.78 is 6.92. The van der Waals surface area contributed by atoms with Crippen LogP contribution in [0.4, 0.5) is 5.82 Å². The number of amides is 1. The van der Waals surface area contributed by atoms with E-state index in [1.54, 1.807) is 18.0 Å². The van der Waals surface area contributed by atoms with Crippen molar-refractivity contribution in [3.63, 3.8) is 0 Å². The van der Waals surface area contributed by atoms with Crippen LogP contribution in [0.25, 0.3) is 0 Å². The van der Waals surface area contributed by atoms with E-state index >= 15 is 0 Å². The minimum atomic E-state index is -0.362. The Bertz CT molecular complexity index is 424. The van der Waals surface area contributed by atoms with Crippen LogP contribution in [0.2, 0.25) is 0 Å². The van der Waals surface area contributed by atoms with Crippen LogP contribution in [0.1, 0.15) is 19.8 Å². The molecule has 0 bridgehead atoms. The Morgan fingerprint density at radius 1 is 1.68 bits per heavy atom. The molecule has 0 radical (unpaired) electrons. The third-order valence-electron chi connectivity index (χ3n) is 3.77. The molecule has 0 saturated carbocycles. The van der Waals surface area contributed by atoms with Crippen molar-refractivity contribution in [1.29, 1.82) is 0 Å². The number of methoxy groups -OCH3 is 1. The lowest BCUT2D eigenvalue weighted by Crippen LogP contribution is -2.39. The topological polar surface area (TPSA) is 68.2 Å². The van der Waals surface area contributed by atoms with E-state index in [1.165, 1.54) is 0 Å². The first kappa shape index (κ1) is 14.0. The fraction of sp³-hybridized carbons (Fsp3) is 0.692. The largest absolute Gasteiger partial charge is 0.385 e. The van der Waals surface area contributed by atoms with E-state index < -0.39 is 0 Å². The predicted octanol–water partition coefficient (Wildman–Crippen LogP) is 0.858. The van der Waals surface area contributed by atoms with Crippen molar-refractivity contribution in [3.8, 4) is 0 Å². The number of aryl methyl sites for hydroxylation is 1. The highest BCUT2D eigenvalue weighted by molar-refractivity contribution is 5.95. The minimum absolute atomic E-state index is 0.0600. The van der Waals surface area contributed by atoms with Crippen molar-refractivity contribution in [1.82, 2.24) is 15.1 Å². The predicted molar refractivity (Wildman–Crippen MR) is 72.9 cm³/mol. The summed E-state index contributed by atoms with van der Waals surface area (Å²) in [6.45, 7) is 4.93. The summed E-state index contributed by atoms with van der Waals surface area (Å²) in [5.74, 6) is 0.820. The standard InChI is InChI=1S/C13H22N4O2/c1-3-17-11(4-7-15-17)16-12(18)13(6-9-19-2)5-8-14-10-13/h4,7,14H,3,5-6,8-10H2,1-2H3,(H,16,18). The smallest absolute Gasteiger partial charge is 0.233 e. The van der Waals surface area contributed by atoms with Gasteiger partial charge in [0.15, 0.2) is 0 Å². The molecular formula is C13H22N4O2. The SMILES string of the molecule is CCn1nccc1NC(=O)C1(CCOC)CCNC1. The van der Waals surface area contributed by atoms with Gasteiger partial charge in [0.2, 0.25) is 5.91 Å². The summed E-state index contributed by atoms with van der Waals surface area (Å²) in [5, 5.41) is 10.4. The number of hydrogen-bond acceptors (Lipinski definition) is 4. The van der Waals surface area contributed by atoms with E-state index in [1.807, 2.05) is 13.0 Å². The molecule has 2 N–H and O–H groups in total. The van der Waals surface area contributed by atoms with Crippen LogP contribution < -0.4 is 10.6 Å². The van der Waals surface area contributed by atoms with Gasteiger partial charge in [0, 0.05) is 32.9 Å². The van der Waals surface area contributed by atoms with Crippen molar-refractivity contribution in [2.45, 2.75) is 26.3 Å². The average Bonchev–Trinajstić information content (AvgIpc) is 3.05. The molecule has 1 fully saturated rings. The van der Waals surface area contributed by atoms with Gasteiger partial charge in [-0.05, 0) is 26.3 Å². The van der Waals surface area contributed by atoms with E-state index in [0.717, 1.165) is 31.7 Å². The first-order valence-corrected chi connectivity index (χ1v) is 6.75. The molecule has 1 unspecified atom stereocenters. The quantitative estimate of drug-likeness (QED) is 0.801. The third-order valence-corrected chi connectivity index (χ3v) is 3.77. The molecule has 6 heteroatoms. The van der Waals surface area contributed by atoms with E-state index in [4.69, 9.17) is 4.74 Å². The molecule has 1 atom stereocenters. The number of aromatic nitrogens is 2. The monoisotopic (exact) mass is 266 g/mol. The molecule has 6 nitrogen and oxygen atoms in total. The molecule has 1 aliphatic rings. The Hall–Kier alpha value is -1.40. The fourth-order valence-electron chi connectivity index (χ4n) is 2.50. The number of carbonyl (C=O) groups is 1. The van der Waals surface area contributed by atoms with Gasteiger partial charge in [-0.1, -0.05) is 0 Å². The second-order valence-electron chi connectivity index (χ2n) is 4.94. The molecule has 1 aliphatic heterocycles. The Kier molecular flexibility index (Phi) is 4.55. The van der Waals surface area contributed by atoms with Gasteiger partial charge in [0.1, 0.15) is 5.82 Å². The first-order chi connectivity index (χ1) is 9.22. The Labute approximate surface area is 113 Å². The molecular weight excluding hydrogens is 244 g/mol. The molecule has 0 aromatic carbocycles. The molecule has 106 valence electrons. The van der Waals surface area contributed by atoms with Crippen LogP contribution in [-0.4, -0.2) is 42.5 Å². The van der Waals surface area contributed by atoms with E-state index in [-0.39, 0.29) is 11.3 Å². The number of carbonyl (C=O) groups excluding carboxylic acids is 1. The van der Waals surface area contributed by atoms with Crippen molar-refractivity contribution < 1.29 is 9.53 Å². The van der Waals surface area contributed by atoms with Crippen LogP contribution in [0.15, 0.2) is 12.3 Å². The molecule has 1 aromatic heterocycles. The lowest BCUT2D eigenvalue weighted by atomic mass is 9.83. The van der Waals surface area contributed by atoms with Gasteiger partial charge < -0.3 is 15.4 Å². The van der Waals surface area contributed by atoms with Gasteiger partial charge in [-0.3, -0.25) is 4.79 Å². The van der Waals surface area contributed by atoms with E-state index in [0.29, 0.717) is 13.2 Å². The van der Waals surface area contributed by atoms with Gasteiger partial charge >= 0.3 is 0 Å². The zero-order chi connectivity index (χ0) is 13.7. The molecule has 1 aromatic rings. The second kappa shape index (κ2) is 6.16.